The molecule has 3 N–H and O–H groups in total. The number of ether oxygens (including phenoxy) is 2. The van der Waals surface area contributed by atoms with Crippen LogP contribution in [-0.4, -0.2) is 57.4 Å². The van der Waals surface area contributed by atoms with Gasteiger partial charge in [0.2, 0.25) is 0 Å². The summed E-state index contributed by atoms with van der Waals surface area (Å²) in [7, 11) is 3.26. The lowest BCUT2D eigenvalue weighted by molar-refractivity contribution is -0.0135. The van der Waals surface area contributed by atoms with Crippen LogP contribution in [0.3, 0.4) is 0 Å². The number of carbonyl (C=O) groups excluding carboxylic acids is 1. The van der Waals surface area contributed by atoms with E-state index >= 15 is 0 Å². The lowest BCUT2D eigenvalue weighted by Crippen LogP contribution is -2.43. The van der Waals surface area contributed by atoms with Crippen molar-refractivity contribution in [3.63, 3.8) is 0 Å². The summed E-state index contributed by atoms with van der Waals surface area (Å²) >= 11 is 0. The van der Waals surface area contributed by atoms with E-state index < -0.39 is 24.4 Å². The molecule has 8 nitrogen and oxygen atoms in total. The Morgan fingerprint density at radius 3 is 2.76 bits per heavy atom. The smallest absolute Gasteiger partial charge is 0.254 e. The number of methoxy groups -OCH3 is 1. The zero-order valence-corrected chi connectivity index (χ0v) is 14.0. The van der Waals surface area contributed by atoms with E-state index in [-0.39, 0.29) is 12.3 Å². The Morgan fingerprint density at radius 1 is 1.32 bits per heavy atom. The molecular weight excluding hydrogens is 326 g/mol. The first-order chi connectivity index (χ1) is 12.0. The fraction of sp³-hybridized carbons (Fsp3) is 0.412. The van der Waals surface area contributed by atoms with Crippen molar-refractivity contribution >= 4 is 5.91 Å². The van der Waals surface area contributed by atoms with Crippen LogP contribution in [0.25, 0.3) is 0 Å². The van der Waals surface area contributed by atoms with Crippen LogP contribution < -0.4 is 14.8 Å². The van der Waals surface area contributed by atoms with Gasteiger partial charge in [-0.3, -0.25) is 9.48 Å². The summed E-state index contributed by atoms with van der Waals surface area (Å²) < 4.78 is 12.4. The highest BCUT2D eigenvalue weighted by atomic mass is 16.5. The SMILES string of the molecule is COc1cccc(O[C@@H]2C[C@@H](NC(=O)c3cnn(C)c3)[C@H](O)[C@H]2O)c1. The lowest BCUT2D eigenvalue weighted by Gasteiger charge is -2.18. The van der Waals surface area contributed by atoms with Crippen molar-refractivity contribution in [3.8, 4) is 11.5 Å². The summed E-state index contributed by atoms with van der Waals surface area (Å²) in [6, 6.07) is 6.37. The first kappa shape index (κ1) is 17.2. The molecule has 1 aliphatic rings. The number of benzene rings is 1. The number of nitrogens with zero attached hydrogens (tertiary/aromatic N) is 2. The molecule has 8 heteroatoms. The number of hydrogen-bond donors (Lipinski definition) is 3. The van der Waals surface area contributed by atoms with Crippen molar-refractivity contribution in [1.82, 2.24) is 15.1 Å². The molecule has 4 atom stereocenters. The van der Waals surface area contributed by atoms with Gasteiger partial charge in [0, 0.05) is 25.7 Å². The van der Waals surface area contributed by atoms with Crippen molar-refractivity contribution in [2.24, 2.45) is 7.05 Å². The molecule has 1 aromatic carbocycles. The third kappa shape index (κ3) is 3.75. The molecule has 1 aromatic heterocycles. The molecule has 0 spiro atoms. The Hall–Kier alpha value is -2.58. The van der Waals surface area contributed by atoms with Crippen molar-refractivity contribution in [2.75, 3.05) is 7.11 Å². The maximum absolute atomic E-state index is 12.2. The summed E-state index contributed by atoms with van der Waals surface area (Å²) in [4.78, 5) is 12.2. The number of hydrogen-bond acceptors (Lipinski definition) is 6. The highest BCUT2D eigenvalue weighted by Crippen LogP contribution is 2.28. The van der Waals surface area contributed by atoms with Gasteiger partial charge in [0.25, 0.3) is 5.91 Å². The molecule has 2 aromatic rings. The Kier molecular flexibility index (Phi) is 4.91. The number of amides is 1. The van der Waals surface area contributed by atoms with E-state index in [9.17, 15) is 15.0 Å². The van der Waals surface area contributed by atoms with Crippen molar-refractivity contribution < 1.29 is 24.5 Å². The zero-order valence-electron chi connectivity index (χ0n) is 14.0. The molecule has 1 saturated carbocycles. The Balaban J connectivity index is 1.65. The normalized spacial score (nSPS) is 25.6. The zero-order chi connectivity index (χ0) is 18.0. The molecule has 134 valence electrons. The second-order valence-corrected chi connectivity index (χ2v) is 6.03. The standard InChI is InChI=1S/C17H21N3O5/c1-20-9-10(8-18-20)17(23)19-13-7-14(16(22)15(13)21)25-12-5-3-4-11(6-12)24-2/h3-6,8-9,13-16,21-22H,7H2,1-2H3,(H,19,23)/t13-,14-,15+,16+/m1/s1. The van der Waals surface area contributed by atoms with E-state index in [1.807, 2.05) is 0 Å². The first-order valence-corrected chi connectivity index (χ1v) is 7.94. The molecule has 0 unspecified atom stereocenters. The number of aromatic nitrogens is 2. The minimum atomic E-state index is -1.11. The fourth-order valence-electron chi connectivity index (χ4n) is 2.89. The largest absolute Gasteiger partial charge is 0.497 e. The Labute approximate surface area is 145 Å². The summed E-state index contributed by atoms with van der Waals surface area (Å²) in [6.07, 6.45) is 0.447. The van der Waals surface area contributed by atoms with Crippen LogP contribution in [0.15, 0.2) is 36.7 Å². The Bertz CT molecular complexity index is 747. The van der Waals surface area contributed by atoms with Crippen LogP contribution in [0.1, 0.15) is 16.8 Å². The molecule has 1 fully saturated rings. The van der Waals surface area contributed by atoms with E-state index in [0.29, 0.717) is 17.1 Å². The monoisotopic (exact) mass is 347 g/mol. The number of nitrogens with one attached hydrogen (secondary N) is 1. The van der Waals surface area contributed by atoms with Gasteiger partial charge in [-0.2, -0.15) is 5.10 Å². The van der Waals surface area contributed by atoms with Gasteiger partial charge in [-0.25, -0.2) is 0 Å². The lowest BCUT2D eigenvalue weighted by atomic mass is 10.2. The summed E-state index contributed by atoms with van der Waals surface area (Å²) in [5.74, 6) is 0.799. The molecular formula is C17H21N3O5. The summed E-state index contributed by atoms with van der Waals surface area (Å²) in [5.41, 5.74) is 0.390. The number of aliphatic hydroxyl groups excluding tert-OH is 2. The average Bonchev–Trinajstić information content (AvgIpc) is 3.15. The summed E-state index contributed by atoms with van der Waals surface area (Å²) in [5, 5.41) is 27.1. The molecule has 3 rings (SSSR count). The minimum absolute atomic E-state index is 0.283. The predicted molar refractivity (Wildman–Crippen MR) is 88.5 cm³/mol. The molecule has 0 aliphatic heterocycles. The topological polar surface area (TPSA) is 106 Å². The van der Waals surface area contributed by atoms with E-state index in [4.69, 9.17) is 9.47 Å². The molecule has 0 bridgehead atoms. The second-order valence-electron chi connectivity index (χ2n) is 6.03. The van der Waals surface area contributed by atoms with Crippen LogP contribution >= 0.6 is 0 Å². The quantitative estimate of drug-likeness (QED) is 0.708. The van der Waals surface area contributed by atoms with Crippen molar-refractivity contribution in [2.45, 2.75) is 30.8 Å². The van der Waals surface area contributed by atoms with Gasteiger partial charge < -0.3 is 25.0 Å². The van der Waals surface area contributed by atoms with E-state index in [1.165, 1.54) is 10.9 Å². The number of rotatable bonds is 5. The third-order valence-corrected chi connectivity index (χ3v) is 4.24. The highest BCUT2D eigenvalue weighted by Gasteiger charge is 2.43. The molecule has 1 heterocycles. The van der Waals surface area contributed by atoms with Crippen molar-refractivity contribution in [3.05, 3.63) is 42.2 Å². The van der Waals surface area contributed by atoms with E-state index in [1.54, 1.807) is 44.6 Å². The second kappa shape index (κ2) is 7.12. The predicted octanol–water partition coefficient (Wildman–Crippen LogP) is 0.100. The minimum Gasteiger partial charge on any atom is -0.497 e. The van der Waals surface area contributed by atoms with Crippen LogP contribution in [0.2, 0.25) is 0 Å². The van der Waals surface area contributed by atoms with E-state index in [2.05, 4.69) is 10.4 Å². The summed E-state index contributed by atoms with van der Waals surface area (Å²) in [6.45, 7) is 0. The first-order valence-electron chi connectivity index (χ1n) is 7.94. The van der Waals surface area contributed by atoms with E-state index in [0.717, 1.165) is 0 Å². The number of aliphatic hydroxyl groups is 2. The van der Waals surface area contributed by atoms with Gasteiger partial charge in [-0.15, -0.1) is 0 Å². The van der Waals surface area contributed by atoms with Gasteiger partial charge in [-0.1, -0.05) is 6.07 Å². The van der Waals surface area contributed by atoms with Crippen LogP contribution in [0.5, 0.6) is 11.5 Å². The van der Waals surface area contributed by atoms with Gasteiger partial charge in [0.15, 0.2) is 0 Å². The molecule has 25 heavy (non-hydrogen) atoms. The van der Waals surface area contributed by atoms with Gasteiger partial charge in [0.05, 0.1) is 24.9 Å². The molecule has 0 saturated heterocycles. The molecule has 1 aliphatic carbocycles. The van der Waals surface area contributed by atoms with Crippen LogP contribution in [0.4, 0.5) is 0 Å². The Morgan fingerprint density at radius 2 is 2.08 bits per heavy atom. The molecule has 0 radical (unpaired) electrons. The maximum atomic E-state index is 12.2. The van der Waals surface area contributed by atoms with Crippen LogP contribution in [0, 0.1) is 0 Å². The van der Waals surface area contributed by atoms with Crippen LogP contribution in [-0.2, 0) is 7.05 Å². The van der Waals surface area contributed by atoms with Gasteiger partial charge >= 0.3 is 0 Å². The third-order valence-electron chi connectivity index (χ3n) is 4.24. The number of carbonyl (C=O) groups is 1. The average molecular weight is 347 g/mol. The van der Waals surface area contributed by atoms with Gasteiger partial charge in [-0.05, 0) is 12.1 Å². The van der Waals surface area contributed by atoms with Gasteiger partial charge in [0.1, 0.15) is 29.8 Å². The molecule has 1 amide bonds. The highest BCUT2D eigenvalue weighted by molar-refractivity contribution is 5.93. The number of aryl methyl sites for hydroxylation is 1. The fourth-order valence-corrected chi connectivity index (χ4v) is 2.89. The maximum Gasteiger partial charge on any atom is 0.254 e. The van der Waals surface area contributed by atoms with Crippen molar-refractivity contribution in [1.29, 1.82) is 0 Å².